The number of sulfonamides is 1. The summed E-state index contributed by atoms with van der Waals surface area (Å²) in [4.78, 5) is 14.9. The molecule has 4 rings (SSSR count). The molecular weight excluding hydrogens is 422 g/mol. The third kappa shape index (κ3) is 4.41. The molecule has 0 radical (unpaired) electrons. The first kappa shape index (κ1) is 20.6. The molecule has 156 valence electrons. The second-order valence-corrected chi connectivity index (χ2v) is 9.88. The number of carbonyl (C=O) groups excluding carboxylic acids is 1. The maximum absolute atomic E-state index is 12.9. The van der Waals surface area contributed by atoms with E-state index in [4.69, 9.17) is 0 Å². The fourth-order valence-electron chi connectivity index (χ4n) is 3.12. The van der Waals surface area contributed by atoms with Crippen molar-refractivity contribution in [1.29, 1.82) is 0 Å². The molecule has 0 bridgehead atoms. The lowest BCUT2D eigenvalue weighted by atomic mass is 10.2. The van der Waals surface area contributed by atoms with Crippen LogP contribution in [0.2, 0.25) is 0 Å². The van der Waals surface area contributed by atoms with Gasteiger partial charge in [-0.1, -0.05) is 47.7 Å². The predicted octanol–water partition coefficient (Wildman–Crippen LogP) is 2.39. The fraction of sp³-hybridized carbons (Fsp3) is 0.250. The van der Waals surface area contributed by atoms with E-state index in [0.717, 1.165) is 5.56 Å². The van der Waals surface area contributed by atoms with Crippen molar-refractivity contribution in [2.24, 2.45) is 0 Å². The quantitative estimate of drug-likeness (QED) is 0.651. The van der Waals surface area contributed by atoms with Crippen LogP contribution in [0.5, 0.6) is 0 Å². The van der Waals surface area contributed by atoms with Gasteiger partial charge in [0, 0.05) is 37.3 Å². The predicted molar refractivity (Wildman–Crippen MR) is 116 cm³/mol. The summed E-state index contributed by atoms with van der Waals surface area (Å²) in [6.07, 6.45) is 0. The van der Waals surface area contributed by atoms with E-state index in [1.165, 1.54) is 27.8 Å². The van der Waals surface area contributed by atoms with Gasteiger partial charge in [-0.25, -0.2) is 8.42 Å². The minimum atomic E-state index is -3.64. The number of anilines is 1. The van der Waals surface area contributed by atoms with Crippen molar-refractivity contribution in [3.8, 4) is 10.6 Å². The molecule has 1 N–H and O–H groups in total. The SMILES string of the molecule is CN1CCN(S(=O)(=O)c2cccc(C(=O)Nc3nnc(-c4ccccc4)s3)c2)CC1. The molecule has 1 aromatic heterocycles. The molecule has 2 heterocycles. The Bertz CT molecular complexity index is 1140. The standard InChI is InChI=1S/C20H21N5O3S2/c1-24-10-12-25(13-11-24)30(27,28)17-9-5-8-16(14-17)18(26)21-20-23-22-19(29-20)15-6-3-2-4-7-15/h2-9,14H,10-13H2,1H3,(H,21,23,26). The van der Waals surface area contributed by atoms with Crippen LogP contribution >= 0.6 is 11.3 Å². The zero-order chi connectivity index (χ0) is 21.1. The van der Waals surface area contributed by atoms with Crippen LogP contribution in [0, 0.1) is 0 Å². The van der Waals surface area contributed by atoms with E-state index in [2.05, 4.69) is 20.4 Å². The Morgan fingerprint density at radius 1 is 1.00 bits per heavy atom. The van der Waals surface area contributed by atoms with Gasteiger partial charge in [0.1, 0.15) is 5.01 Å². The van der Waals surface area contributed by atoms with Crippen LogP contribution in [0.4, 0.5) is 5.13 Å². The Balaban J connectivity index is 1.50. The molecule has 0 saturated carbocycles. The molecule has 1 fully saturated rings. The largest absolute Gasteiger partial charge is 0.304 e. The summed E-state index contributed by atoms with van der Waals surface area (Å²) >= 11 is 1.26. The van der Waals surface area contributed by atoms with E-state index < -0.39 is 15.9 Å². The summed E-state index contributed by atoms with van der Waals surface area (Å²) < 4.78 is 27.3. The number of rotatable bonds is 5. The van der Waals surface area contributed by atoms with E-state index in [9.17, 15) is 13.2 Å². The van der Waals surface area contributed by atoms with Crippen molar-refractivity contribution in [3.05, 3.63) is 60.2 Å². The Hall–Kier alpha value is -2.66. The first-order chi connectivity index (χ1) is 14.4. The van der Waals surface area contributed by atoms with Crippen molar-refractivity contribution in [2.75, 3.05) is 38.5 Å². The third-order valence-corrected chi connectivity index (χ3v) is 7.64. The number of carbonyl (C=O) groups is 1. The number of hydrogen-bond acceptors (Lipinski definition) is 7. The van der Waals surface area contributed by atoms with Crippen molar-refractivity contribution in [1.82, 2.24) is 19.4 Å². The van der Waals surface area contributed by atoms with Gasteiger partial charge in [-0.3, -0.25) is 10.1 Å². The van der Waals surface area contributed by atoms with E-state index in [1.54, 1.807) is 12.1 Å². The number of likely N-dealkylation sites (N-methyl/N-ethyl adjacent to an activating group) is 1. The molecule has 8 nitrogen and oxygen atoms in total. The Morgan fingerprint density at radius 2 is 1.73 bits per heavy atom. The van der Waals surface area contributed by atoms with E-state index in [1.807, 2.05) is 37.4 Å². The number of nitrogens with zero attached hydrogens (tertiary/aromatic N) is 4. The second kappa shape index (κ2) is 8.60. The van der Waals surface area contributed by atoms with Crippen molar-refractivity contribution >= 4 is 32.4 Å². The summed E-state index contributed by atoms with van der Waals surface area (Å²) in [6.45, 7) is 2.23. The second-order valence-electron chi connectivity index (χ2n) is 6.97. The molecule has 1 aliphatic rings. The minimum absolute atomic E-state index is 0.113. The molecule has 1 saturated heterocycles. The van der Waals surface area contributed by atoms with Gasteiger partial charge in [-0.05, 0) is 25.2 Å². The Kier molecular flexibility index (Phi) is 5.91. The lowest BCUT2D eigenvalue weighted by Gasteiger charge is -2.31. The third-order valence-electron chi connectivity index (χ3n) is 4.86. The maximum Gasteiger partial charge on any atom is 0.257 e. The number of hydrogen-bond donors (Lipinski definition) is 1. The van der Waals surface area contributed by atoms with Crippen molar-refractivity contribution in [2.45, 2.75) is 4.90 Å². The van der Waals surface area contributed by atoms with Crippen LogP contribution in [0.15, 0.2) is 59.5 Å². The van der Waals surface area contributed by atoms with Gasteiger partial charge >= 0.3 is 0 Å². The summed E-state index contributed by atoms with van der Waals surface area (Å²) in [5.41, 5.74) is 1.16. The summed E-state index contributed by atoms with van der Waals surface area (Å²) in [5.74, 6) is -0.429. The van der Waals surface area contributed by atoms with Gasteiger partial charge in [0.05, 0.1) is 4.90 Å². The molecule has 30 heavy (non-hydrogen) atoms. The normalized spacial score (nSPS) is 15.8. The van der Waals surface area contributed by atoms with E-state index in [0.29, 0.717) is 36.3 Å². The number of aromatic nitrogens is 2. The molecule has 10 heteroatoms. The summed E-state index contributed by atoms with van der Waals surface area (Å²) in [6, 6.07) is 15.6. The number of nitrogens with one attached hydrogen (secondary N) is 1. The summed E-state index contributed by atoms with van der Waals surface area (Å²) in [7, 11) is -1.68. The molecule has 0 spiro atoms. The molecule has 3 aromatic rings. The highest BCUT2D eigenvalue weighted by atomic mass is 32.2. The van der Waals surface area contributed by atoms with Gasteiger partial charge in [0.2, 0.25) is 15.2 Å². The minimum Gasteiger partial charge on any atom is -0.304 e. The maximum atomic E-state index is 12.9. The topological polar surface area (TPSA) is 95.5 Å². The summed E-state index contributed by atoms with van der Waals surface area (Å²) in [5, 5.41) is 11.9. The van der Waals surface area contributed by atoms with Crippen LogP contribution in [0.25, 0.3) is 10.6 Å². The van der Waals surface area contributed by atoms with Gasteiger partial charge < -0.3 is 4.90 Å². The smallest absolute Gasteiger partial charge is 0.257 e. The Labute approximate surface area is 179 Å². The molecule has 0 aliphatic carbocycles. The van der Waals surface area contributed by atoms with Crippen LogP contribution in [-0.2, 0) is 10.0 Å². The molecule has 1 aliphatic heterocycles. The first-order valence-electron chi connectivity index (χ1n) is 9.42. The highest BCUT2D eigenvalue weighted by Crippen LogP contribution is 2.26. The van der Waals surface area contributed by atoms with E-state index in [-0.39, 0.29) is 10.5 Å². The highest BCUT2D eigenvalue weighted by molar-refractivity contribution is 7.89. The van der Waals surface area contributed by atoms with Crippen LogP contribution in [0.1, 0.15) is 10.4 Å². The zero-order valence-corrected chi connectivity index (χ0v) is 18.0. The number of piperazine rings is 1. The number of benzene rings is 2. The highest BCUT2D eigenvalue weighted by Gasteiger charge is 2.28. The first-order valence-corrected chi connectivity index (χ1v) is 11.7. The van der Waals surface area contributed by atoms with Crippen molar-refractivity contribution in [3.63, 3.8) is 0 Å². The molecule has 1 amide bonds. The molecule has 0 atom stereocenters. The monoisotopic (exact) mass is 443 g/mol. The van der Waals surface area contributed by atoms with Gasteiger partial charge in [0.25, 0.3) is 5.91 Å². The van der Waals surface area contributed by atoms with Crippen LogP contribution in [-0.4, -0.2) is 67.0 Å². The van der Waals surface area contributed by atoms with Gasteiger partial charge in [-0.15, -0.1) is 10.2 Å². The Morgan fingerprint density at radius 3 is 2.47 bits per heavy atom. The zero-order valence-electron chi connectivity index (χ0n) is 16.4. The molecule has 2 aromatic carbocycles. The molecular formula is C20H21N5O3S2. The lowest BCUT2D eigenvalue weighted by Crippen LogP contribution is -2.47. The molecule has 0 unspecified atom stereocenters. The lowest BCUT2D eigenvalue weighted by molar-refractivity contribution is 0.102. The number of amides is 1. The van der Waals surface area contributed by atoms with E-state index >= 15 is 0 Å². The van der Waals surface area contributed by atoms with Crippen molar-refractivity contribution < 1.29 is 13.2 Å². The van der Waals surface area contributed by atoms with Gasteiger partial charge in [0.15, 0.2) is 0 Å². The average Bonchev–Trinajstić information content (AvgIpc) is 3.23. The van der Waals surface area contributed by atoms with Crippen LogP contribution < -0.4 is 5.32 Å². The average molecular weight is 444 g/mol. The fourth-order valence-corrected chi connectivity index (χ4v) is 5.33. The van der Waals surface area contributed by atoms with Gasteiger partial charge in [-0.2, -0.15) is 4.31 Å². The van der Waals surface area contributed by atoms with Crippen LogP contribution in [0.3, 0.4) is 0 Å².